The van der Waals surface area contributed by atoms with E-state index in [4.69, 9.17) is 5.73 Å². The molecule has 32 heavy (non-hydrogen) atoms. The number of fused-ring (bicyclic) bond motifs is 1. The molecular weight excluding hydrogens is 406 g/mol. The maximum Gasteiger partial charge on any atom is 0.287 e. The van der Waals surface area contributed by atoms with Gasteiger partial charge in [-0.25, -0.2) is 0 Å². The Morgan fingerprint density at radius 1 is 1.06 bits per heavy atom. The zero-order valence-electron chi connectivity index (χ0n) is 17.4. The van der Waals surface area contributed by atoms with E-state index in [0.29, 0.717) is 5.69 Å². The lowest BCUT2D eigenvalue weighted by Gasteiger charge is -2.16. The molecule has 2 amide bonds. The maximum atomic E-state index is 13.2. The Hall–Kier alpha value is -4.33. The van der Waals surface area contributed by atoms with Gasteiger partial charge in [0.15, 0.2) is 0 Å². The van der Waals surface area contributed by atoms with Crippen LogP contribution in [0.2, 0.25) is 0 Å². The predicted molar refractivity (Wildman–Crippen MR) is 120 cm³/mol. The van der Waals surface area contributed by atoms with E-state index in [1.54, 1.807) is 19.4 Å². The zero-order valence-corrected chi connectivity index (χ0v) is 17.4. The van der Waals surface area contributed by atoms with Gasteiger partial charge in [-0.2, -0.15) is 5.10 Å². The number of nitrogens with one attached hydrogen (secondary N) is 1. The normalized spacial score (nSPS) is 11.8. The van der Waals surface area contributed by atoms with E-state index in [0.717, 1.165) is 22.0 Å². The fraction of sp³-hybridized carbons (Fsp3) is 0.125. The van der Waals surface area contributed by atoms with Crippen molar-refractivity contribution in [3.63, 3.8) is 0 Å². The quantitative estimate of drug-likeness (QED) is 0.437. The van der Waals surface area contributed by atoms with Crippen LogP contribution in [0, 0.1) is 0 Å². The third-order valence-electron chi connectivity index (χ3n) is 5.10. The van der Waals surface area contributed by atoms with Crippen molar-refractivity contribution < 1.29 is 14.4 Å². The van der Waals surface area contributed by atoms with Crippen LogP contribution in [0.1, 0.15) is 15.9 Å². The number of benzene rings is 2. The van der Waals surface area contributed by atoms with E-state index in [-0.39, 0.29) is 12.0 Å². The molecule has 2 aromatic carbocycles. The zero-order chi connectivity index (χ0) is 22.7. The third kappa shape index (κ3) is 4.39. The largest absolute Gasteiger partial charge is 0.363 e. The molecular formula is C24H21N5O3. The van der Waals surface area contributed by atoms with Gasteiger partial charge in [0.25, 0.3) is 11.8 Å². The Balaban J connectivity index is 1.65. The van der Waals surface area contributed by atoms with Gasteiger partial charge in [-0.3, -0.25) is 24.0 Å². The van der Waals surface area contributed by atoms with Gasteiger partial charge in [0.1, 0.15) is 11.7 Å². The number of ketones is 1. The number of nitrogens with two attached hydrogens (primary N) is 1. The molecule has 2 heterocycles. The molecule has 0 bridgehead atoms. The van der Waals surface area contributed by atoms with Crippen LogP contribution in [0.4, 0.5) is 0 Å². The Morgan fingerprint density at radius 2 is 1.84 bits per heavy atom. The SMILES string of the molecule is Cn1cc(C(=O)NC(Cc2ccccc2)C(=O)C(N)=O)c(-c2ccc3ncccc3c2)n1. The Labute approximate surface area is 184 Å². The van der Waals surface area contributed by atoms with Crippen LogP contribution in [-0.4, -0.2) is 38.4 Å². The van der Waals surface area contributed by atoms with Crippen LogP contribution in [-0.2, 0) is 23.1 Å². The number of aromatic nitrogens is 3. The van der Waals surface area contributed by atoms with Crippen molar-refractivity contribution in [1.29, 1.82) is 0 Å². The highest BCUT2D eigenvalue weighted by Crippen LogP contribution is 2.25. The molecule has 0 aliphatic rings. The number of aryl methyl sites for hydroxylation is 1. The predicted octanol–water partition coefficient (Wildman–Crippen LogP) is 2.03. The van der Waals surface area contributed by atoms with Crippen molar-refractivity contribution >= 4 is 28.5 Å². The summed E-state index contributed by atoms with van der Waals surface area (Å²) in [7, 11) is 1.71. The average molecular weight is 427 g/mol. The van der Waals surface area contributed by atoms with Gasteiger partial charge in [-0.05, 0) is 23.8 Å². The first-order chi connectivity index (χ1) is 15.4. The van der Waals surface area contributed by atoms with Gasteiger partial charge >= 0.3 is 0 Å². The number of hydrogen-bond donors (Lipinski definition) is 2. The fourth-order valence-electron chi connectivity index (χ4n) is 3.56. The molecule has 8 heteroatoms. The van der Waals surface area contributed by atoms with Crippen molar-refractivity contribution in [2.45, 2.75) is 12.5 Å². The lowest BCUT2D eigenvalue weighted by Crippen LogP contribution is -2.47. The van der Waals surface area contributed by atoms with Gasteiger partial charge in [-0.15, -0.1) is 0 Å². The van der Waals surface area contributed by atoms with Crippen LogP contribution in [0.25, 0.3) is 22.2 Å². The number of amides is 2. The summed E-state index contributed by atoms with van der Waals surface area (Å²) >= 11 is 0. The summed E-state index contributed by atoms with van der Waals surface area (Å²) in [6.45, 7) is 0. The minimum absolute atomic E-state index is 0.144. The second kappa shape index (κ2) is 8.81. The number of hydrogen-bond acceptors (Lipinski definition) is 5. The van der Waals surface area contributed by atoms with E-state index in [1.165, 1.54) is 4.68 Å². The number of rotatable bonds is 7. The summed E-state index contributed by atoms with van der Waals surface area (Å²) in [5.41, 5.74) is 8.32. The number of pyridine rings is 1. The molecule has 8 nitrogen and oxygen atoms in total. The van der Waals surface area contributed by atoms with Crippen molar-refractivity contribution in [3.05, 3.63) is 84.2 Å². The van der Waals surface area contributed by atoms with Crippen LogP contribution >= 0.6 is 0 Å². The minimum Gasteiger partial charge on any atom is -0.363 e. The van der Waals surface area contributed by atoms with Gasteiger partial charge in [-0.1, -0.05) is 42.5 Å². The van der Waals surface area contributed by atoms with Crippen molar-refractivity contribution in [1.82, 2.24) is 20.1 Å². The standard InChI is InChI=1S/C24H21N5O3/c1-29-14-18(21(28-29)17-9-10-19-16(13-17)8-5-11-26-19)24(32)27-20(22(30)23(25)31)12-15-6-3-2-4-7-15/h2-11,13-14,20H,12H2,1H3,(H2,25,31)(H,27,32). The lowest BCUT2D eigenvalue weighted by molar-refractivity contribution is -0.137. The van der Waals surface area contributed by atoms with Gasteiger partial charge in [0, 0.05) is 36.8 Å². The van der Waals surface area contributed by atoms with E-state index in [2.05, 4.69) is 15.4 Å². The van der Waals surface area contributed by atoms with E-state index in [9.17, 15) is 14.4 Å². The average Bonchev–Trinajstić information content (AvgIpc) is 3.20. The summed E-state index contributed by atoms with van der Waals surface area (Å²) in [5, 5.41) is 8.02. The van der Waals surface area contributed by atoms with Crippen LogP contribution in [0.3, 0.4) is 0 Å². The van der Waals surface area contributed by atoms with Crippen LogP contribution in [0.15, 0.2) is 73.1 Å². The van der Waals surface area contributed by atoms with Crippen LogP contribution < -0.4 is 11.1 Å². The second-order valence-electron chi connectivity index (χ2n) is 7.42. The van der Waals surface area contributed by atoms with E-state index < -0.39 is 23.6 Å². The molecule has 0 aliphatic heterocycles. The van der Waals surface area contributed by atoms with E-state index >= 15 is 0 Å². The molecule has 0 radical (unpaired) electrons. The molecule has 1 atom stereocenters. The highest BCUT2D eigenvalue weighted by Gasteiger charge is 2.27. The van der Waals surface area contributed by atoms with Gasteiger partial charge in [0.05, 0.1) is 11.1 Å². The van der Waals surface area contributed by atoms with E-state index in [1.807, 2.05) is 60.7 Å². The first-order valence-electron chi connectivity index (χ1n) is 9.99. The first kappa shape index (κ1) is 20.9. The molecule has 3 N–H and O–H groups in total. The molecule has 0 spiro atoms. The molecule has 4 rings (SSSR count). The molecule has 0 saturated heterocycles. The molecule has 4 aromatic rings. The molecule has 2 aromatic heterocycles. The molecule has 160 valence electrons. The summed E-state index contributed by atoms with van der Waals surface area (Å²) in [6, 6.07) is 17.4. The molecule has 0 fully saturated rings. The van der Waals surface area contributed by atoms with Crippen molar-refractivity contribution in [3.8, 4) is 11.3 Å². The Bertz CT molecular complexity index is 1310. The van der Waals surface area contributed by atoms with Crippen LogP contribution in [0.5, 0.6) is 0 Å². The summed E-state index contributed by atoms with van der Waals surface area (Å²) in [5.74, 6) is -2.47. The number of primary amides is 1. The monoisotopic (exact) mass is 427 g/mol. The van der Waals surface area contributed by atoms with Gasteiger partial charge < -0.3 is 11.1 Å². The second-order valence-corrected chi connectivity index (χ2v) is 7.42. The summed E-state index contributed by atoms with van der Waals surface area (Å²) in [6.07, 6.45) is 3.43. The maximum absolute atomic E-state index is 13.2. The number of Topliss-reactive ketones (excluding diaryl/α,β-unsaturated/α-hetero) is 1. The summed E-state index contributed by atoms with van der Waals surface area (Å²) < 4.78 is 1.53. The Morgan fingerprint density at radius 3 is 2.59 bits per heavy atom. The first-order valence-corrected chi connectivity index (χ1v) is 9.99. The number of nitrogens with zero attached hydrogens (tertiary/aromatic N) is 3. The summed E-state index contributed by atoms with van der Waals surface area (Å²) in [4.78, 5) is 41.4. The van der Waals surface area contributed by atoms with Crippen molar-refractivity contribution in [2.24, 2.45) is 12.8 Å². The number of carbonyl (C=O) groups is 3. The fourth-order valence-corrected chi connectivity index (χ4v) is 3.56. The lowest BCUT2D eigenvalue weighted by atomic mass is 10.0. The van der Waals surface area contributed by atoms with Crippen molar-refractivity contribution in [2.75, 3.05) is 0 Å². The Kier molecular flexibility index (Phi) is 5.76. The highest BCUT2D eigenvalue weighted by molar-refractivity contribution is 6.38. The molecule has 0 saturated carbocycles. The smallest absolute Gasteiger partial charge is 0.287 e. The third-order valence-corrected chi connectivity index (χ3v) is 5.10. The minimum atomic E-state index is -1.10. The molecule has 0 aliphatic carbocycles. The number of carbonyl (C=O) groups excluding carboxylic acids is 3. The molecule has 1 unspecified atom stereocenters. The van der Waals surface area contributed by atoms with Gasteiger partial charge in [0.2, 0.25) is 5.78 Å². The highest BCUT2D eigenvalue weighted by atomic mass is 16.2. The topological polar surface area (TPSA) is 120 Å².